The molecule has 1 N–H and O–H groups in total. The van der Waals surface area contributed by atoms with E-state index in [-0.39, 0.29) is 0 Å². The molecular formula is C15H25NO. The van der Waals surface area contributed by atoms with Crippen molar-refractivity contribution in [3.8, 4) is 0 Å². The number of rotatable bonds is 8. The summed E-state index contributed by atoms with van der Waals surface area (Å²) in [5.74, 6) is 0.664. The lowest BCUT2D eigenvalue weighted by molar-refractivity contribution is 0.176. The fraction of sp³-hybridized carbons (Fsp3) is 0.600. The topological polar surface area (TPSA) is 21.3 Å². The second-order valence-corrected chi connectivity index (χ2v) is 4.64. The molecule has 0 saturated heterocycles. The predicted octanol–water partition coefficient (Wildman–Crippen LogP) is 2.80. The van der Waals surface area contributed by atoms with Gasteiger partial charge >= 0.3 is 0 Å². The molecule has 1 aromatic carbocycles. The van der Waals surface area contributed by atoms with Gasteiger partial charge in [-0.2, -0.15) is 0 Å². The fourth-order valence-corrected chi connectivity index (χ4v) is 1.97. The van der Waals surface area contributed by atoms with Gasteiger partial charge in [0.25, 0.3) is 0 Å². The van der Waals surface area contributed by atoms with Crippen molar-refractivity contribution in [3.05, 3.63) is 35.4 Å². The third-order valence-electron chi connectivity index (χ3n) is 3.06. The summed E-state index contributed by atoms with van der Waals surface area (Å²) < 4.78 is 5.18. The van der Waals surface area contributed by atoms with Crippen LogP contribution in [0.1, 0.15) is 24.5 Å². The quantitative estimate of drug-likeness (QED) is 0.748. The van der Waals surface area contributed by atoms with Crippen LogP contribution < -0.4 is 5.32 Å². The van der Waals surface area contributed by atoms with Gasteiger partial charge in [-0.1, -0.05) is 36.8 Å². The first-order chi connectivity index (χ1) is 8.26. The maximum absolute atomic E-state index is 5.18. The highest BCUT2D eigenvalue weighted by Gasteiger charge is 2.09. The Morgan fingerprint density at radius 2 is 1.94 bits per heavy atom. The number of methoxy groups -OCH3 is 1. The standard InChI is InChI=1S/C15H25NO/c1-4-16-12-15(9-10-17-3)11-14-7-5-13(2)6-8-14/h5-8,15-16H,4,9-12H2,1-3H3. The van der Waals surface area contributed by atoms with Crippen molar-refractivity contribution in [3.63, 3.8) is 0 Å². The third-order valence-corrected chi connectivity index (χ3v) is 3.06. The van der Waals surface area contributed by atoms with Gasteiger partial charge in [-0.05, 0) is 44.3 Å². The molecule has 1 unspecified atom stereocenters. The van der Waals surface area contributed by atoms with E-state index >= 15 is 0 Å². The van der Waals surface area contributed by atoms with E-state index in [0.29, 0.717) is 5.92 Å². The van der Waals surface area contributed by atoms with E-state index in [4.69, 9.17) is 4.74 Å². The van der Waals surface area contributed by atoms with Crippen LogP contribution in [0.3, 0.4) is 0 Å². The smallest absolute Gasteiger partial charge is 0.0465 e. The summed E-state index contributed by atoms with van der Waals surface area (Å²) in [5, 5.41) is 3.43. The van der Waals surface area contributed by atoms with E-state index in [1.165, 1.54) is 11.1 Å². The summed E-state index contributed by atoms with van der Waals surface area (Å²) in [7, 11) is 1.77. The van der Waals surface area contributed by atoms with Crippen LogP contribution in [0.5, 0.6) is 0 Å². The van der Waals surface area contributed by atoms with Crippen molar-refractivity contribution < 1.29 is 4.74 Å². The number of nitrogens with one attached hydrogen (secondary N) is 1. The normalized spacial score (nSPS) is 12.6. The van der Waals surface area contributed by atoms with E-state index in [1.54, 1.807) is 7.11 Å². The second kappa shape index (κ2) is 8.26. The highest BCUT2D eigenvalue weighted by atomic mass is 16.5. The molecule has 1 aromatic rings. The average Bonchev–Trinajstić information content (AvgIpc) is 2.35. The SMILES string of the molecule is CCNCC(CCOC)Cc1ccc(C)cc1. The summed E-state index contributed by atoms with van der Waals surface area (Å²) in [6.45, 7) is 7.25. The number of aryl methyl sites for hydroxylation is 1. The minimum absolute atomic E-state index is 0.664. The minimum Gasteiger partial charge on any atom is -0.385 e. The summed E-state index contributed by atoms with van der Waals surface area (Å²) in [6.07, 6.45) is 2.26. The molecule has 0 amide bonds. The Kier molecular flexibility index (Phi) is 6.90. The molecule has 1 rings (SSSR count). The Hall–Kier alpha value is -0.860. The van der Waals surface area contributed by atoms with Gasteiger partial charge in [-0.3, -0.25) is 0 Å². The zero-order chi connectivity index (χ0) is 12.5. The highest BCUT2D eigenvalue weighted by Crippen LogP contribution is 2.13. The van der Waals surface area contributed by atoms with Gasteiger partial charge in [-0.15, -0.1) is 0 Å². The zero-order valence-electron chi connectivity index (χ0n) is 11.3. The molecule has 1 atom stereocenters. The molecule has 0 bridgehead atoms. The lowest BCUT2D eigenvalue weighted by Crippen LogP contribution is -2.25. The number of ether oxygens (including phenoxy) is 1. The van der Waals surface area contributed by atoms with Crippen molar-refractivity contribution in [1.82, 2.24) is 5.32 Å². The Morgan fingerprint density at radius 1 is 1.24 bits per heavy atom. The molecule has 96 valence electrons. The average molecular weight is 235 g/mol. The van der Waals surface area contributed by atoms with E-state index in [1.807, 2.05) is 0 Å². The van der Waals surface area contributed by atoms with Gasteiger partial charge in [0, 0.05) is 13.7 Å². The Morgan fingerprint density at radius 3 is 2.53 bits per heavy atom. The van der Waals surface area contributed by atoms with Gasteiger partial charge in [0.05, 0.1) is 0 Å². The number of benzene rings is 1. The van der Waals surface area contributed by atoms with Crippen molar-refractivity contribution in [1.29, 1.82) is 0 Å². The first-order valence-corrected chi connectivity index (χ1v) is 6.51. The van der Waals surface area contributed by atoms with Gasteiger partial charge < -0.3 is 10.1 Å². The van der Waals surface area contributed by atoms with E-state index in [0.717, 1.165) is 32.5 Å². The Balaban J connectivity index is 2.48. The Labute approximate surface area is 105 Å². The van der Waals surface area contributed by atoms with Crippen molar-refractivity contribution in [2.24, 2.45) is 5.92 Å². The monoisotopic (exact) mass is 235 g/mol. The van der Waals surface area contributed by atoms with Crippen molar-refractivity contribution in [2.45, 2.75) is 26.7 Å². The third kappa shape index (κ3) is 5.85. The van der Waals surface area contributed by atoms with Gasteiger partial charge in [0.1, 0.15) is 0 Å². The first-order valence-electron chi connectivity index (χ1n) is 6.51. The highest BCUT2D eigenvalue weighted by molar-refractivity contribution is 5.21. The summed E-state index contributed by atoms with van der Waals surface area (Å²) >= 11 is 0. The van der Waals surface area contributed by atoms with E-state index < -0.39 is 0 Å². The van der Waals surface area contributed by atoms with Crippen LogP contribution in [0.4, 0.5) is 0 Å². The molecule has 0 fully saturated rings. The molecule has 0 aliphatic carbocycles. The lowest BCUT2D eigenvalue weighted by Gasteiger charge is -2.17. The van der Waals surface area contributed by atoms with Gasteiger partial charge in [0.2, 0.25) is 0 Å². The number of hydrogen-bond acceptors (Lipinski definition) is 2. The van der Waals surface area contributed by atoms with Crippen LogP contribution in [0.25, 0.3) is 0 Å². The molecule has 0 aromatic heterocycles. The first kappa shape index (κ1) is 14.2. The molecule has 0 saturated carbocycles. The second-order valence-electron chi connectivity index (χ2n) is 4.64. The maximum Gasteiger partial charge on any atom is 0.0465 e. The largest absolute Gasteiger partial charge is 0.385 e. The molecule has 0 heterocycles. The molecule has 17 heavy (non-hydrogen) atoms. The zero-order valence-corrected chi connectivity index (χ0v) is 11.3. The molecule has 2 heteroatoms. The van der Waals surface area contributed by atoms with E-state index in [2.05, 4.69) is 43.4 Å². The van der Waals surface area contributed by atoms with Crippen LogP contribution in [-0.2, 0) is 11.2 Å². The van der Waals surface area contributed by atoms with Crippen LogP contribution in [0.15, 0.2) is 24.3 Å². The van der Waals surface area contributed by atoms with Crippen LogP contribution in [0, 0.1) is 12.8 Å². The van der Waals surface area contributed by atoms with Crippen molar-refractivity contribution in [2.75, 3.05) is 26.8 Å². The van der Waals surface area contributed by atoms with Crippen molar-refractivity contribution >= 4 is 0 Å². The van der Waals surface area contributed by atoms with Crippen LogP contribution in [0.2, 0.25) is 0 Å². The van der Waals surface area contributed by atoms with Gasteiger partial charge in [0.15, 0.2) is 0 Å². The van der Waals surface area contributed by atoms with E-state index in [9.17, 15) is 0 Å². The molecule has 2 nitrogen and oxygen atoms in total. The Bertz CT molecular complexity index is 286. The predicted molar refractivity (Wildman–Crippen MR) is 73.4 cm³/mol. The summed E-state index contributed by atoms with van der Waals surface area (Å²) in [5.41, 5.74) is 2.75. The fourth-order valence-electron chi connectivity index (χ4n) is 1.97. The minimum atomic E-state index is 0.664. The summed E-state index contributed by atoms with van der Waals surface area (Å²) in [4.78, 5) is 0. The number of hydrogen-bond donors (Lipinski definition) is 1. The summed E-state index contributed by atoms with van der Waals surface area (Å²) in [6, 6.07) is 8.86. The molecule has 0 aliphatic rings. The van der Waals surface area contributed by atoms with Gasteiger partial charge in [-0.25, -0.2) is 0 Å². The maximum atomic E-state index is 5.18. The molecule has 0 spiro atoms. The molecular weight excluding hydrogens is 210 g/mol. The lowest BCUT2D eigenvalue weighted by atomic mass is 9.96. The molecule has 0 aliphatic heterocycles. The van der Waals surface area contributed by atoms with Crippen LogP contribution in [-0.4, -0.2) is 26.8 Å². The van der Waals surface area contributed by atoms with Crippen LogP contribution >= 0.6 is 0 Å². The molecule has 0 radical (unpaired) electrons.